The summed E-state index contributed by atoms with van der Waals surface area (Å²) in [5, 5.41) is 2.76. The molecule has 1 amide bonds. The number of halogens is 1. The lowest BCUT2D eigenvalue weighted by atomic mass is 10.1. The van der Waals surface area contributed by atoms with E-state index in [2.05, 4.69) is 5.32 Å². The summed E-state index contributed by atoms with van der Waals surface area (Å²) in [7, 11) is 3.08. The predicted octanol–water partition coefficient (Wildman–Crippen LogP) is 3.41. The summed E-state index contributed by atoms with van der Waals surface area (Å²) in [6.07, 6.45) is 0.557. The third kappa shape index (κ3) is 3.97. The first-order valence-electron chi connectivity index (χ1n) is 6.89. The lowest BCUT2D eigenvalue weighted by Crippen LogP contribution is -2.12. The van der Waals surface area contributed by atoms with E-state index in [1.165, 1.54) is 13.2 Å². The minimum Gasteiger partial charge on any atom is -0.493 e. The molecule has 116 valence electrons. The van der Waals surface area contributed by atoms with Crippen molar-refractivity contribution in [3.8, 4) is 11.5 Å². The van der Waals surface area contributed by atoms with Crippen LogP contribution in [0.25, 0.3) is 0 Å². The van der Waals surface area contributed by atoms with Gasteiger partial charge in [-0.1, -0.05) is 18.2 Å². The van der Waals surface area contributed by atoms with E-state index in [1.54, 1.807) is 43.5 Å². The monoisotopic (exact) mass is 303 g/mol. The summed E-state index contributed by atoms with van der Waals surface area (Å²) < 4.78 is 23.8. The Morgan fingerprint density at radius 3 is 2.50 bits per heavy atom. The van der Waals surface area contributed by atoms with Crippen molar-refractivity contribution in [2.24, 2.45) is 0 Å². The molecule has 0 heterocycles. The number of carbonyl (C=O) groups is 1. The lowest BCUT2D eigenvalue weighted by molar-refractivity contribution is -0.116. The molecule has 0 spiro atoms. The number of hydrogen-bond donors (Lipinski definition) is 1. The molecule has 0 bridgehead atoms. The van der Waals surface area contributed by atoms with E-state index in [-0.39, 0.29) is 18.1 Å². The summed E-state index contributed by atoms with van der Waals surface area (Å²) in [6, 6.07) is 11.6. The van der Waals surface area contributed by atoms with E-state index >= 15 is 0 Å². The molecule has 0 aliphatic carbocycles. The molecular formula is C17H18FNO3. The van der Waals surface area contributed by atoms with Gasteiger partial charge in [0.2, 0.25) is 5.91 Å². The van der Waals surface area contributed by atoms with E-state index in [1.807, 2.05) is 0 Å². The average molecular weight is 303 g/mol. The molecule has 2 aromatic carbocycles. The highest BCUT2D eigenvalue weighted by Crippen LogP contribution is 2.29. The molecule has 0 aliphatic heterocycles. The fraction of sp³-hybridized carbons (Fsp3) is 0.235. The largest absolute Gasteiger partial charge is 0.493 e. The Morgan fingerprint density at radius 2 is 1.82 bits per heavy atom. The minimum absolute atomic E-state index is 0.185. The first-order chi connectivity index (χ1) is 10.6. The van der Waals surface area contributed by atoms with Crippen LogP contribution in [-0.4, -0.2) is 20.1 Å². The van der Waals surface area contributed by atoms with Crippen molar-refractivity contribution in [3.63, 3.8) is 0 Å². The number of methoxy groups -OCH3 is 2. The van der Waals surface area contributed by atoms with Crippen molar-refractivity contribution in [3.05, 3.63) is 53.8 Å². The van der Waals surface area contributed by atoms with Gasteiger partial charge < -0.3 is 14.8 Å². The second-order valence-corrected chi connectivity index (χ2v) is 4.71. The Labute approximate surface area is 128 Å². The number of hydrogen-bond acceptors (Lipinski definition) is 3. The maximum atomic E-state index is 13.5. The topological polar surface area (TPSA) is 47.6 Å². The van der Waals surface area contributed by atoms with E-state index < -0.39 is 0 Å². The van der Waals surface area contributed by atoms with Gasteiger partial charge in [-0.3, -0.25) is 4.79 Å². The third-order valence-corrected chi connectivity index (χ3v) is 3.25. The van der Waals surface area contributed by atoms with Crippen LogP contribution in [0.1, 0.15) is 12.0 Å². The van der Waals surface area contributed by atoms with Gasteiger partial charge in [0.15, 0.2) is 11.5 Å². The van der Waals surface area contributed by atoms with Crippen LogP contribution in [0.3, 0.4) is 0 Å². The average Bonchev–Trinajstić information content (AvgIpc) is 2.54. The zero-order valence-corrected chi connectivity index (χ0v) is 12.6. The Hall–Kier alpha value is -2.56. The number of carbonyl (C=O) groups excluding carboxylic acids is 1. The zero-order chi connectivity index (χ0) is 15.9. The second kappa shape index (κ2) is 7.45. The standard InChI is InChI=1S/C17H18FNO3/c1-21-15-9-8-13(11-16(15)22-2)19-17(20)10-7-12-5-3-4-6-14(12)18/h3-6,8-9,11H,7,10H2,1-2H3,(H,19,20). The molecule has 0 fully saturated rings. The van der Waals surface area contributed by atoms with Gasteiger partial charge in [-0.2, -0.15) is 0 Å². The van der Waals surface area contributed by atoms with Gasteiger partial charge in [0, 0.05) is 18.2 Å². The van der Waals surface area contributed by atoms with E-state index in [9.17, 15) is 9.18 Å². The van der Waals surface area contributed by atoms with Crippen LogP contribution >= 0.6 is 0 Å². The van der Waals surface area contributed by atoms with E-state index in [0.29, 0.717) is 29.2 Å². The van der Waals surface area contributed by atoms with Crippen molar-refractivity contribution < 1.29 is 18.7 Å². The fourth-order valence-corrected chi connectivity index (χ4v) is 2.09. The van der Waals surface area contributed by atoms with Crippen LogP contribution in [0.4, 0.5) is 10.1 Å². The van der Waals surface area contributed by atoms with Crippen molar-refractivity contribution in [2.75, 3.05) is 19.5 Å². The molecule has 0 unspecified atom stereocenters. The molecule has 2 aromatic rings. The van der Waals surface area contributed by atoms with Gasteiger partial charge in [-0.15, -0.1) is 0 Å². The van der Waals surface area contributed by atoms with Crippen molar-refractivity contribution in [2.45, 2.75) is 12.8 Å². The van der Waals surface area contributed by atoms with E-state index in [4.69, 9.17) is 9.47 Å². The fourth-order valence-electron chi connectivity index (χ4n) is 2.09. The van der Waals surface area contributed by atoms with Crippen molar-refractivity contribution >= 4 is 11.6 Å². The van der Waals surface area contributed by atoms with Gasteiger partial charge >= 0.3 is 0 Å². The first-order valence-corrected chi connectivity index (χ1v) is 6.89. The molecule has 2 rings (SSSR count). The Balaban J connectivity index is 1.96. The SMILES string of the molecule is COc1ccc(NC(=O)CCc2ccccc2F)cc1OC. The highest BCUT2D eigenvalue weighted by molar-refractivity contribution is 5.91. The molecule has 0 saturated carbocycles. The van der Waals surface area contributed by atoms with Gasteiger partial charge in [0.05, 0.1) is 14.2 Å². The molecular weight excluding hydrogens is 285 g/mol. The van der Waals surface area contributed by atoms with Crippen LogP contribution in [0.15, 0.2) is 42.5 Å². The van der Waals surface area contributed by atoms with Crippen molar-refractivity contribution in [1.29, 1.82) is 0 Å². The molecule has 1 N–H and O–H groups in total. The maximum absolute atomic E-state index is 13.5. The van der Waals surface area contributed by atoms with Gasteiger partial charge in [0.1, 0.15) is 5.82 Å². The highest BCUT2D eigenvalue weighted by atomic mass is 19.1. The highest BCUT2D eigenvalue weighted by Gasteiger charge is 2.09. The van der Waals surface area contributed by atoms with Gasteiger partial charge in [-0.05, 0) is 30.2 Å². The number of nitrogens with one attached hydrogen (secondary N) is 1. The van der Waals surface area contributed by atoms with Crippen LogP contribution < -0.4 is 14.8 Å². The summed E-state index contributed by atoms with van der Waals surface area (Å²) >= 11 is 0. The Bertz CT molecular complexity index is 658. The summed E-state index contributed by atoms with van der Waals surface area (Å²) in [6.45, 7) is 0. The molecule has 0 atom stereocenters. The third-order valence-electron chi connectivity index (χ3n) is 3.25. The number of ether oxygens (including phenoxy) is 2. The number of anilines is 1. The molecule has 0 saturated heterocycles. The smallest absolute Gasteiger partial charge is 0.224 e. The second-order valence-electron chi connectivity index (χ2n) is 4.71. The molecule has 4 nitrogen and oxygen atoms in total. The number of rotatable bonds is 6. The predicted molar refractivity (Wildman–Crippen MR) is 82.9 cm³/mol. The molecule has 0 aromatic heterocycles. The van der Waals surface area contributed by atoms with Crippen molar-refractivity contribution in [1.82, 2.24) is 0 Å². The summed E-state index contributed by atoms with van der Waals surface area (Å²) in [5.74, 6) is 0.651. The summed E-state index contributed by atoms with van der Waals surface area (Å²) in [5.41, 5.74) is 1.14. The van der Waals surface area contributed by atoms with Crippen LogP contribution in [0, 0.1) is 5.82 Å². The van der Waals surface area contributed by atoms with Gasteiger partial charge in [-0.25, -0.2) is 4.39 Å². The minimum atomic E-state index is -0.290. The zero-order valence-electron chi connectivity index (χ0n) is 12.6. The molecule has 5 heteroatoms. The van der Waals surface area contributed by atoms with E-state index in [0.717, 1.165) is 0 Å². The number of aryl methyl sites for hydroxylation is 1. The molecule has 0 radical (unpaired) electrons. The number of amides is 1. The molecule has 0 aliphatic rings. The number of benzene rings is 2. The van der Waals surface area contributed by atoms with Gasteiger partial charge in [0.25, 0.3) is 0 Å². The quantitative estimate of drug-likeness (QED) is 0.889. The Kier molecular flexibility index (Phi) is 5.36. The first kappa shape index (κ1) is 15.8. The molecule has 22 heavy (non-hydrogen) atoms. The lowest BCUT2D eigenvalue weighted by Gasteiger charge is -2.10. The Morgan fingerprint density at radius 1 is 1.09 bits per heavy atom. The van der Waals surface area contributed by atoms with Crippen LogP contribution in [-0.2, 0) is 11.2 Å². The summed E-state index contributed by atoms with van der Waals surface area (Å²) in [4.78, 5) is 11.9. The van der Waals surface area contributed by atoms with Crippen LogP contribution in [0.2, 0.25) is 0 Å². The maximum Gasteiger partial charge on any atom is 0.224 e. The normalized spacial score (nSPS) is 10.1. The van der Waals surface area contributed by atoms with Crippen LogP contribution in [0.5, 0.6) is 11.5 Å².